The molecule has 1 atom stereocenters. The Morgan fingerprint density at radius 1 is 1.11 bits per heavy atom. The molecule has 0 radical (unpaired) electrons. The maximum atomic E-state index is 13.0. The third kappa shape index (κ3) is 2.98. The number of rotatable bonds is 4. The fourth-order valence-corrected chi connectivity index (χ4v) is 4.23. The smallest absolute Gasteiger partial charge is 0.178 e. The summed E-state index contributed by atoms with van der Waals surface area (Å²) in [6, 6.07) is 14.4. The summed E-state index contributed by atoms with van der Waals surface area (Å²) in [5.74, 6) is 1.79. The lowest BCUT2D eigenvalue weighted by atomic mass is 10.0. The van der Waals surface area contributed by atoms with Crippen molar-refractivity contribution in [2.75, 3.05) is 26.3 Å². The number of carbonyl (C=O) groups is 1. The zero-order valence-electron chi connectivity index (χ0n) is 15.1. The predicted molar refractivity (Wildman–Crippen MR) is 104 cm³/mol. The van der Waals surface area contributed by atoms with Gasteiger partial charge in [0, 0.05) is 28.7 Å². The van der Waals surface area contributed by atoms with Gasteiger partial charge in [-0.3, -0.25) is 9.69 Å². The Morgan fingerprint density at radius 2 is 1.96 bits per heavy atom. The number of Topliss-reactive ketones (excluding diaryl/α,β-unsaturated/α-hetero) is 1. The highest BCUT2D eigenvalue weighted by Crippen LogP contribution is 2.38. The van der Waals surface area contributed by atoms with Gasteiger partial charge < -0.3 is 14.5 Å². The Balaban J connectivity index is 1.37. The molecule has 0 saturated carbocycles. The first kappa shape index (κ1) is 16.4. The van der Waals surface area contributed by atoms with Gasteiger partial charge in [-0.25, -0.2) is 0 Å². The fraction of sp³-hybridized carbons (Fsp3) is 0.318. The van der Waals surface area contributed by atoms with Crippen molar-refractivity contribution >= 4 is 16.7 Å². The summed E-state index contributed by atoms with van der Waals surface area (Å²) in [5.41, 5.74) is 2.98. The van der Waals surface area contributed by atoms with E-state index in [9.17, 15) is 4.79 Å². The largest absolute Gasteiger partial charge is 0.486 e. The Bertz CT molecular complexity index is 994. The fourth-order valence-electron chi connectivity index (χ4n) is 4.23. The van der Waals surface area contributed by atoms with E-state index in [1.165, 1.54) is 5.56 Å². The average Bonchev–Trinajstić information content (AvgIpc) is 3.34. The number of nitrogens with one attached hydrogen (secondary N) is 1. The number of para-hydroxylation sites is 1. The van der Waals surface area contributed by atoms with Gasteiger partial charge in [0.05, 0.1) is 6.54 Å². The van der Waals surface area contributed by atoms with Crippen LogP contribution >= 0.6 is 0 Å². The molecule has 2 aromatic carbocycles. The van der Waals surface area contributed by atoms with Crippen molar-refractivity contribution in [3.05, 3.63) is 59.8 Å². The molecule has 3 heterocycles. The standard InChI is InChI=1S/C22H22N2O3/c25-20(17-13-23-18-5-2-1-4-16(17)18)14-24-9-3-6-19(24)15-7-8-21-22(12-15)27-11-10-26-21/h1-2,4-5,7-8,12-13,19,23H,3,6,9-11,14H2/t19-/m0/s1. The lowest BCUT2D eigenvalue weighted by Gasteiger charge is -2.26. The molecule has 5 nitrogen and oxygen atoms in total. The molecule has 5 heteroatoms. The first-order valence-electron chi connectivity index (χ1n) is 9.52. The lowest BCUT2D eigenvalue weighted by molar-refractivity contribution is 0.0923. The number of nitrogens with zero attached hydrogens (tertiary/aromatic N) is 1. The number of ketones is 1. The van der Waals surface area contributed by atoms with Crippen LogP contribution in [0.3, 0.4) is 0 Å². The van der Waals surface area contributed by atoms with Crippen LogP contribution in [0.15, 0.2) is 48.7 Å². The van der Waals surface area contributed by atoms with Crippen LogP contribution in [0.25, 0.3) is 10.9 Å². The third-order valence-corrected chi connectivity index (χ3v) is 5.55. The lowest BCUT2D eigenvalue weighted by Crippen LogP contribution is -2.29. The molecule has 0 amide bonds. The van der Waals surface area contributed by atoms with Crippen molar-refractivity contribution in [3.63, 3.8) is 0 Å². The molecule has 3 aromatic rings. The number of fused-ring (bicyclic) bond motifs is 2. The molecule has 2 aliphatic rings. The molecule has 138 valence electrons. The summed E-state index contributed by atoms with van der Waals surface area (Å²) >= 11 is 0. The second-order valence-corrected chi connectivity index (χ2v) is 7.20. The minimum Gasteiger partial charge on any atom is -0.486 e. The molecule has 1 fully saturated rings. The second-order valence-electron chi connectivity index (χ2n) is 7.20. The zero-order chi connectivity index (χ0) is 18.2. The summed E-state index contributed by atoms with van der Waals surface area (Å²) in [5, 5.41) is 0.998. The average molecular weight is 362 g/mol. The Hall–Kier alpha value is -2.79. The number of likely N-dealkylation sites (tertiary alicyclic amines) is 1. The highest BCUT2D eigenvalue weighted by atomic mass is 16.6. The predicted octanol–water partition coefficient (Wildman–Crippen LogP) is 3.96. The van der Waals surface area contributed by atoms with Crippen LogP contribution in [-0.2, 0) is 0 Å². The quantitative estimate of drug-likeness (QED) is 0.714. The van der Waals surface area contributed by atoms with Crippen molar-refractivity contribution < 1.29 is 14.3 Å². The minimum atomic E-state index is 0.164. The molecular weight excluding hydrogens is 340 g/mol. The van der Waals surface area contributed by atoms with Crippen LogP contribution < -0.4 is 9.47 Å². The van der Waals surface area contributed by atoms with Crippen LogP contribution in [0.4, 0.5) is 0 Å². The molecule has 1 N–H and O–H groups in total. The van der Waals surface area contributed by atoms with Gasteiger partial charge in [-0.15, -0.1) is 0 Å². The topological polar surface area (TPSA) is 54.6 Å². The number of hydrogen-bond donors (Lipinski definition) is 1. The van der Waals surface area contributed by atoms with Gasteiger partial charge in [-0.05, 0) is 43.1 Å². The number of aromatic nitrogens is 1. The molecule has 0 bridgehead atoms. The van der Waals surface area contributed by atoms with Crippen molar-refractivity contribution in [1.82, 2.24) is 9.88 Å². The Labute approximate surface area is 157 Å². The van der Waals surface area contributed by atoms with Gasteiger partial charge >= 0.3 is 0 Å². The van der Waals surface area contributed by atoms with E-state index >= 15 is 0 Å². The zero-order valence-corrected chi connectivity index (χ0v) is 15.1. The van der Waals surface area contributed by atoms with E-state index in [4.69, 9.17) is 9.47 Å². The maximum Gasteiger partial charge on any atom is 0.178 e. The van der Waals surface area contributed by atoms with Crippen LogP contribution in [0.5, 0.6) is 11.5 Å². The van der Waals surface area contributed by atoms with Crippen LogP contribution in [0.2, 0.25) is 0 Å². The summed E-state index contributed by atoms with van der Waals surface area (Å²) < 4.78 is 11.4. The Morgan fingerprint density at radius 3 is 2.89 bits per heavy atom. The monoisotopic (exact) mass is 362 g/mol. The van der Waals surface area contributed by atoms with E-state index in [1.807, 2.05) is 36.5 Å². The van der Waals surface area contributed by atoms with Crippen molar-refractivity contribution in [3.8, 4) is 11.5 Å². The molecule has 2 aliphatic heterocycles. The Kier molecular flexibility index (Phi) is 4.09. The van der Waals surface area contributed by atoms with E-state index in [2.05, 4.69) is 22.0 Å². The van der Waals surface area contributed by atoms with Crippen LogP contribution in [0, 0.1) is 0 Å². The van der Waals surface area contributed by atoms with E-state index in [-0.39, 0.29) is 11.8 Å². The normalized spacial score (nSPS) is 19.5. The molecule has 1 aromatic heterocycles. The van der Waals surface area contributed by atoms with E-state index in [0.29, 0.717) is 19.8 Å². The number of H-pyrrole nitrogens is 1. The van der Waals surface area contributed by atoms with E-state index in [1.54, 1.807) is 0 Å². The van der Waals surface area contributed by atoms with E-state index < -0.39 is 0 Å². The van der Waals surface area contributed by atoms with Crippen LogP contribution in [0.1, 0.15) is 34.8 Å². The molecule has 0 spiro atoms. The number of ether oxygens (including phenoxy) is 2. The van der Waals surface area contributed by atoms with Crippen molar-refractivity contribution in [1.29, 1.82) is 0 Å². The maximum absolute atomic E-state index is 13.0. The van der Waals surface area contributed by atoms with Gasteiger partial charge in [0.1, 0.15) is 13.2 Å². The summed E-state index contributed by atoms with van der Waals surface area (Å²) in [7, 11) is 0. The molecule has 27 heavy (non-hydrogen) atoms. The number of aromatic amines is 1. The van der Waals surface area contributed by atoms with Gasteiger partial charge in [-0.2, -0.15) is 0 Å². The first-order chi connectivity index (χ1) is 13.3. The van der Waals surface area contributed by atoms with Gasteiger partial charge in [-0.1, -0.05) is 24.3 Å². The molecule has 0 unspecified atom stereocenters. The summed E-state index contributed by atoms with van der Waals surface area (Å²) in [6.45, 7) is 2.55. The molecule has 0 aliphatic carbocycles. The number of hydrogen-bond acceptors (Lipinski definition) is 4. The van der Waals surface area contributed by atoms with E-state index in [0.717, 1.165) is 47.4 Å². The highest BCUT2D eigenvalue weighted by Gasteiger charge is 2.29. The number of benzene rings is 2. The minimum absolute atomic E-state index is 0.164. The van der Waals surface area contributed by atoms with Gasteiger partial charge in [0.15, 0.2) is 17.3 Å². The molecular formula is C22H22N2O3. The molecule has 1 saturated heterocycles. The number of carbonyl (C=O) groups excluding carboxylic acids is 1. The summed E-state index contributed by atoms with van der Waals surface area (Å²) in [6.07, 6.45) is 3.99. The summed E-state index contributed by atoms with van der Waals surface area (Å²) in [4.78, 5) is 18.5. The van der Waals surface area contributed by atoms with Crippen molar-refractivity contribution in [2.45, 2.75) is 18.9 Å². The van der Waals surface area contributed by atoms with Crippen LogP contribution in [-0.4, -0.2) is 42.0 Å². The van der Waals surface area contributed by atoms with Gasteiger partial charge in [0.2, 0.25) is 0 Å². The SMILES string of the molecule is O=C(CN1CCC[C@H]1c1ccc2c(c1)OCCO2)c1c[nH]c2ccccc12. The van der Waals surface area contributed by atoms with Crippen molar-refractivity contribution in [2.24, 2.45) is 0 Å². The second kappa shape index (κ2) is 6.74. The first-order valence-corrected chi connectivity index (χ1v) is 9.52. The highest BCUT2D eigenvalue weighted by molar-refractivity contribution is 6.08. The molecule has 5 rings (SSSR count). The van der Waals surface area contributed by atoms with Gasteiger partial charge in [0.25, 0.3) is 0 Å². The third-order valence-electron chi connectivity index (χ3n) is 5.55.